The SMILES string of the molecule is CO[SiH](CO[Si](C)(C)C)OC. The zero-order valence-electron chi connectivity index (χ0n) is 8.01. The summed E-state index contributed by atoms with van der Waals surface area (Å²) in [6, 6.07) is 0. The van der Waals surface area contributed by atoms with E-state index < -0.39 is 17.6 Å². The Balaban J connectivity index is 3.51. The highest BCUT2D eigenvalue weighted by molar-refractivity contribution is 6.70. The van der Waals surface area contributed by atoms with Crippen LogP contribution in [-0.4, -0.2) is 38.1 Å². The van der Waals surface area contributed by atoms with Crippen LogP contribution in [0.15, 0.2) is 0 Å². The zero-order chi connectivity index (χ0) is 8.91. The molecule has 0 rings (SSSR count). The molecule has 0 saturated heterocycles. The van der Waals surface area contributed by atoms with Gasteiger partial charge in [0.1, 0.15) is 0 Å². The van der Waals surface area contributed by atoms with Crippen molar-refractivity contribution in [2.24, 2.45) is 0 Å². The topological polar surface area (TPSA) is 27.7 Å². The molecule has 0 N–H and O–H groups in total. The molecule has 3 nitrogen and oxygen atoms in total. The first kappa shape index (κ1) is 11.3. The molecule has 0 amide bonds. The number of hydrogen-bond acceptors (Lipinski definition) is 3. The minimum absolute atomic E-state index is 0.669. The average Bonchev–Trinajstić information content (AvgIpc) is 1.88. The van der Waals surface area contributed by atoms with Crippen LogP contribution in [0.3, 0.4) is 0 Å². The fourth-order valence-corrected chi connectivity index (χ4v) is 3.56. The molecule has 0 aromatic heterocycles. The van der Waals surface area contributed by atoms with E-state index in [4.69, 9.17) is 13.3 Å². The molecule has 0 aromatic carbocycles. The summed E-state index contributed by atoms with van der Waals surface area (Å²) < 4.78 is 15.8. The van der Waals surface area contributed by atoms with Crippen molar-refractivity contribution in [1.82, 2.24) is 0 Å². The third-order valence-electron chi connectivity index (χ3n) is 1.18. The Bertz CT molecular complexity index is 98.5. The van der Waals surface area contributed by atoms with Gasteiger partial charge < -0.3 is 13.3 Å². The summed E-state index contributed by atoms with van der Waals surface area (Å²) in [5.74, 6) is 0. The maximum absolute atomic E-state index is 5.62. The Hall–Kier alpha value is 0.314. The van der Waals surface area contributed by atoms with Gasteiger partial charge in [-0.2, -0.15) is 0 Å². The standard InChI is InChI=1S/C6H18O3Si2/c1-7-10(8-2)6-9-11(3,4)5/h10H,6H2,1-5H3. The molecule has 0 aromatic rings. The van der Waals surface area contributed by atoms with E-state index in [1.54, 1.807) is 14.2 Å². The summed E-state index contributed by atoms with van der Waals surface area (Å²) >= 11 is 0. The second-order valence-electron chi connectivity index (χ2n) is 3.32. The van der Waals surface area contributed by atoms with Gasteiger partial charge in [-0.15, -0.1) is 0 Å². The zero-order valence-corrected chi connectivity index (χ0v) is 10.2. The van der Waals surface area contributed by atoms with Gasteiger partial charge >= 0.3 is 9.28 Å². The van der Waals surface area contributed by atoms with Crippen LogP contribution in [0, 0.1) is 0 Å². The molecule has 68 valence electrons. The third kappa shape index (κ3) is 6.70. The number of rotatable bonds is 5. The van der Waals surface area contributed by atoms with E-state index in [2.05, 4.69) is 19.6 Å². The molecule has 0 heterocycles. The fourth-order valence-electron chi connectivity index (χ4n) is 0.550. The van der Waals surface area contributed by atoms with Gasteiger partial charge in [0, 0.05) is 14.2 Å². The molecule has 0 aliphatic rings. The van der Waals surface area contributed by atoms with Crippen LogP contribution in [0.2, 0.25) is 19.6 Å². The average molecular weight is 194 g/mol. The Morgan fingerprint density at radius 3 is 1.82 bits per heavy atom. The molecule has 0 fully saturated rings. The molecular formula is C6H18O3Si2. The molecule has 11 heavy (non-hydrogen) atoms. The van der Waals surface area contributed by atoms with Crippen molar-refractivity contribution in [3.8, 4) is 0 Å². The summed E-state index contributed by atoms with van der Waals surface area (Å²) in [6.45, 7) is 6.47. The predicted octanol–water partition coefficient (Wildman–Crippen LogP) is 0.890. The molecule has 0 aliphatic heterocycles. The molecule has 0 atom stereocenters. The van der Waals surface area contributed by atoms with E-state index in [-0.39, 0.29) is 0 Å². The van der Waals surface area contributed by atoms with Crippen molar-refractivity contribution < 1.29 is 13.3 Å². The summed E-state index contributed by atoms with van der Waals surface area (Å²) in [5, 5.41) is 0. The monoisotopic (exact) mass is 194 g/mol. The first-order valence-corrected chi connectivity index (χ1v) is 8.86. The second kappa shape index (κ2) is 5.05. The lowest BCUT2D eigenvalue weighted by Gasteiger charge is -2.19. The van der Waals surface area contributed by atoms with Crippen molar-refractivity contribution >= 4 is 17.6 Å². The van der Waals surface area contributed by atoms with Gasteiger partial charge in [0.25, 0.3) is 0 Å². The van der Waals surface area contributed by atoms with Crippen molar-refractivity contribution in [1.29, 1.82) is 0 Å². The molecule has 0 unspecified atom stereocenters. The van der Waals surface area contributed by atoms with Gasteiger partial charge in [0.2, 0.25) is 0 Å². The first-order valence-electron chi connectivity index (χ1n) is 3.69. The van der Waals surface area contributed by atoms with E-state index in [0.717, 1.165) is 0 Å². The van der Waals surface area contributed by atoms with Gasteiger partial charge in [-0.3, -0.25) is 0 Å². The second-order valence-corrected chi connectivity index (χ2v) is 9.97. The summed E-state index contributed by atoms with van der Waals surface area (Å²) in [5.41, 5.74) is 0. The van der Waals surface area contributed by atoms with E-state index in [1.807, 2.05) is 0 Å². The van der Waals surface area contributed by atoms with E-state index in [1.165, 1.54) is 0 Å². The lowest BCUT2D eigenvalue weighted by Crippen LogP contribution is -2.35. The lowest BCUT2D eigenvalue weighted by molar-refractivity contribution is 0.235. The normalized spacial score (nSPS) is 12.5. The highest BCUT2D eigenvalue weighted by atomic mass is 28.4. The Labute approximate surface area is 71.6 Å². The smallest absolute Gasteiger partial charge is 0.346 e. The van der Waals surface area contributed by atoms with Crippen molar-refractivity contribution in [2.45, 2.75) is 19.6 Å². The first-order chi connectivity index (χ1) is 4.99. The maximum Gasteiger partial charge on any atom is 0.346 e. The quantitative estimate of drug-likeness (QED) is 0.608. The molecule has 0 spiro atoms. The van der Waals surface area contributed by atoms with Crippen molar-refractivity contribution in [3.05, 3.63) is 0 Å². The van der Waals surface area contributed by atoms with Gasteiger partial charge in [0.05, 0.1) is 6.23 Å². The minimum atomic E-state index is -1.48. The Morgan fingerprint density at radius 2 is 1.55 bits per heavy atom. The van der Waals surface area contributed by atoms with E-state index in [9.17, 15) is 0 Å². The van der Waals surface area contributed by atoms with Crippen LogP contribution >= 0.6 is 0 Å². The molecule has 0 aliphatic carbocycles. The summed E-state index contributed by atoms with van der Waals surface area (Å²) in [6.07, 6.45) is 0.669. The molecular weight excluding hydrogens is 176 g/mol. The molecule has 0 bridgehead atoms. The predicted molar refractivity (Wildman–Crippen MR) is 50.5 cm³/mol. The van der Waals surface area contributed by atoms with Crippen LogP contribution in [0.1, 0.15) is 0 Å². The van der Waals surface area contributed by atoms with Crippen LogP contribution in [0.25, 0.3) is 0 Å². The van der Waals surface area contributed by atoms with Gasteiger partial charge in [-0.25, -0.2) is 0 Å². The Kier molecular flexibility index (Phi) is 5.19. The van der Waals surface area contributed by atoms with E-state index >= 15 is 0 Å². The van der Waals surface area contributed by atoms with Crippen LogP contribution in [0.5, 0.6) is 0 Å². The third-order valence-corrected chi connectivity index (χ3v) is 4.03. The van der Waals surface area contributed by atoms with Crippen LogP contribution in [0.4, 0.5) is 0 Å². The van der Waals surface area contributed by atoms with Crippen molar-refractivity contribution in [2.75, 3.05) is 20.4 Å². The fraction of sp³-hybridized carbons (Fsp3) is 1.00. The maximum atomic E-state index is 5.62. The lowest BCUT2D eigenvalue weighted by atomic mass is 11.7. The van der Waals surface area contributed by atoms with Crippen molar-refractivity contribution in [3.63, 3.8) is 0 Å². The number of hydrogen-bond donors (Lipinski definition) is 0. The van der Waals surface area contributed by atoms with E-state index in [0.29, 0.717) is 6.23 Å². The summed E-state index contributed by atoms with van der Waals surface area (Å²) in [7, 11) is 0.492. The largest absolute Gasteiger partial charge is 0.416 e. The van der Waals surface area contributed by atoms with Gasteiger partial charge in [-0.05, 0) is 19.6 Å². The molecule has 0 radical (unpaired) electrons. The Morgan fingerprint density at radius 1 is 1.09 bits per heavy atom. The van der Waals surface area contributed by atoms with Crippen LogP contribution < -0.4 is 0 Å². The van der Waals surface area contributed by atoms with Gasteiger partial charge in [-0.1, -0.05) is 0 Å². The molecule has 0 saturated carbocycles. The minimum Gasteiger partial charge on any atom is -0.416 e. The summed E-state index contributed by atoms with van der Waals surface area (Å²) in [4.78, 5) is 0. The van der Waals surface area contributed by atoms with Gasteiger partial charge in [0.15, 0.2) is 8.32 Å². The van der Waals surface area contributed by atoms with Crippen LogP contribution in [-0.2, 0) is 13.3 Å². The highest BCUT2D eigenvalue weighted by Crippen LogP contribution is 2.02. The molecule has 5 heteroatoms. The highest BCUT2D eigenvalue weighted by Gasteiger charge is 2.18.